The summed E-state index contributed by atoms with van der Waals surface area (Å²) in [5.41, 5.74) is 48.2. The van der Waals surface area contributed by atoms with Crippen molar-refractivity contribution >= 4 is 81.2 Å². The number of benzene rings is 7. The smallest absolute Gasteiger partial charge is 0.187 e. The van der Waals surface area contributed by atoms with E-state index in [1.54, 1.807) is 84.9 Å². The molecule has 4 fully saturated rings. The number of rotatable bonds is 30. The van der Waals surface area contributed by atoms with Gasteiger partial charge >= 0.3 is 0 Å². The van der Waals surface area contributed by atoms with Gasteiger partial charge < -0.3 is 96.0 Å². The quantitative estimate of drug-likeness (QED) is 0.0244. The molecule has 3 saturated heterocycles. The lowest BCUT2D eigenvalue weighted by Crippen LogP contribution is -2.69. The molecule has 3 heterocycles. The predicted octanol–water partition coefficient (Wildman–Crippen LogP) is 11.2. The summed E-state index contributed by atoms with van der Waals surface area (Å²) in [5.74, 6) is 0. The van der Waals surface area contributed by atoms with Gasteiger partial charge in [-0.2, -0.15) is 0 Å². The van der Waals surface area contributed by atoms with Crippen LogP contribution < -0.4 is 34.4 Å². The van der Waals surface area contributed by atoms with Gasteiger partial charge in [0.2, 0.25) is 0 Å². The van der Waals surface area contributed by atoms with Crippen molar-refractivity contribution in [2.24, 2.45) is 34.4 Å². The zero-order valence-corrected chi connectivity index (χ0v) is 58.6. The molecule has 0 bridgehead atoms. The van der Waals surface area contributed by atoms with E-state index < -0.39 is 116 Å². The van der Waals surface area contributed by atoms with Gasteiger partial charge in [-0.15, -0.1) is 0 Å². The SMILES string of the molecule is NC[C@@H]1O[C@H](O[C@H]2[C@@H](OCc3ccc(Cl)cc3)[C@@H](O[C@@H]3[C@@H](OCc4ccc(Cl)cc4)[C@H](N)C[C@H](N)[C@H]3O[C@H]3O[C@H](CN)[C@@H](OCc4ccc(Cl)cc4)[C@H](OCc4ccc(Cl)cc4)[C@H]3N)O[C@@H]2COCc2ccc(Cl)cc2)[C@H](N)[C@@H](OCc2ccc(Cl)cc2)[C@@H]1OCc1ccc(Cl)cc1. The lowest BCUT2D eigenvalue weighted by Gasteiger charge is -2.49. The van der Waals surface area contributed by atoms with E-state index in [0.29, 0.717) is 35.2 Å². The Balaban J connectivity index is 0.946. The van der Waals surface area contributed by atoms with Gasteiger partial charge in [0, 0.05) is 60.3 Å². The molecule has 11 rings (SSSR count). The first-order valence-electron chi connectivity index (χ1n) is 32.3. The fourth-order valence-electron chi connectivity index (χ4n) is 12.4. The minimum absolute atomic E-state index is 0.00371. The summed E-state index contributed by atoms with van der Waals surface area (Å²) < 4.78 is 90.1. The molecule has 26 heteroatoms. The molecule has 12 N–H and O–H groups in total. The summed E-state index contributed by atoms with van der Waals surface area (Å²) in [7, 11) is 0. The van der Waals surface area contributed by atoms with Crippen molar-refractivity contribution in [3.8, 4) is 0 Å². The highest BCUT2D eigenvalue weighted by atomic mass is 35.5. The molecule has 1 saturated carbocycles. The number of hydrogen-bond acceptors (Lipinski definition) is 19. The van der Waals surface area contributed by atoms with Crippen LogP contribution in [0.2, 0.25) is 35.2 Å². The van der Waals surface area contributed by atoms with Crippen LogP contribution in [0.1, 0.15) is 45.4 Å². The van der Waals surface area contributed by atoms with Gasteiger partial charge in [0.05, 0.1) is 64.9 Å². The lowest BCUT2D eigenvalue weighted by atomic mass is 9.84. The largest absolute Gasteiger partial charge is 0.374 e. The average molecular weight is 1490 g/mol. The number of nitrogens with two attached hydrogens (primary N) is 6. The summed E-state index contributed by atoms with van der Waals surface area (Å²) in [6.45, 7) is 0.639. The van der Waals surface area contributed by atoms with Crippen LogP contribution in [0.25, 0.3) is 0 Å². The van der Waals surface area contributed by atoms with Crippen LogP contribution in [-0.4, -0.2) is 136 Å². The minimum Gasteiger partial charge on any atom is -0.374 e. The van der Waals surface area contributed by atoms with E-state index in [4.69, 9.17) is 177 Å². The molecular weight excluding hydrogens is 1400 g/mol. The normalized spacial score (nSPS) is 29.6. The Hall–Kier alpha value is -4.19. The molecule has 98 heavy (non-hydrogen) atoms. The highest BCUT2D eigenvalue weighted by molar-refractivity contribution is 6.32. The molecule has 0 aromatic heterocycles. The van der Waals surface area contributed by atoms with Crippen molar-refractivity contribution in [2.45, 2.75) is 169 Å². The highest BCUT2D eigenvalue weighted by Gasteiger charge is 2.57. The van der Waals surface area contributed by atoms with Gasteiger partial charge in [0.15, 0.2) is 18.9 Å². The zero-order chi connectivity index (χ0) is 68.8. The predicted molar refractivity (Wildman–Crippen MR) is 377 cm³/mol. The van der Waals surface area contributed by atoms with Crippen molar-refractivity contribution in [3.63, 3.8) is 0 Å². The Morgan fingerprint density at radius 2 is 0.551 bits per heavy atom. The molecule has 19 nitrogen and oxygen atoms in total. The molecule has 0 amide bonds. The third-order valence-corrected chi connectivity index (χ3v) is 19.4. The van der Waals surface area contributed by atoms with E-state index in [2.05, 4.69) is 0 Å². The monoisotopic (exact) mass is 1480 g/mol. The second-order valence-electron chi connectivity index (χ2n) is 24.7. The Bertz CT molecular complexity index is 3560. The number of halogens is 7. The minimum atomic E-state index is -1.34. The van der Waals surface area contributed by atoms with E-state index in [1.165, 1.54) is 0 Å². The van der Waals surface area contributed by atoms with Gasteiger partial charge in [-0.05, 0) is 130 Å². The van der Waals surface area contributed by atoms with Crippen molar-refractivity contribution in [1.29, 1.82) is 0 Å². The molecule has 0 spiro atoms. The van der Waals surface area contributed by atoms with E-state index in [9.17, 15) is 0 Å². The van der Waals surface area contributed by atoms with Crippen LogP contribution in [0.15, 0.2) is 170 Å². The maximum atomic E-state index is 7.45. The van der Waals surface area contributed by atoms with Crippen LogP contribution in [0, 0.1) is 0 Å². The van der Waals surface area contributed by atoms with Gasteiger partial charge in [-0.3, -0.25) is 0 Å². The van der Waals surface area contributed by atoms with Crippen LogP contribution in [-0.2, 0) is 108 Å². The van der Waals surface area contributed by atoms with E-state index in [1.807, 2.05) is 84.9 Å². The van der Waals surface area contributed by atoms with Crippen molar-refractivity contribution in [3.05, 3.63) is 244 Å². The molecule has 7 aromatic rings. The number of hydrogen-bond donors (Lipinski definition) is 6. The summed E-state index contributed by atoms with van der Waals surface area (Å²) >= 11 is 44.3. The summed E-state index contributed by atoms with van der Waals surface area (Å²) in [5, 5.41) is 3.92. The van der Waals surface area contributed by atoms with Gasteiger partial charge in [0.1, 0.15) is 73.2 Å². The molecule has 7 aromatic carbocycles. The van der Waals surface area contributed by atoms with Crippen LogP contribution in [0.3, 0.4) is 0 Å². The zero-order valence-electron chi connectivity index (χ0n) is 53.3. The first kappa shape index (κ1) is 75.0. The number of ether oxygens (including phenoxy) is 13. The molecule has 0 radical (unpaired) electrons. The second kappa shape index (κ2) is 36.3. The average Bonchev–Trinajstić information content (AvgIpc) is 1.44. The maximum absolute atomic E-state index is 7.45. The molecule has 0 unspecified atom stereocenters. The van der Waals surface area contributed by atoms with Crippen LogP contribution in [0.5, 0.6) is 0 Å². The van der Waals surface area contributed by atoms with Crippen molar-refractivity contribution in [1.82, 2.24) is 0 Å². The Morgan fingerprint density at radius 3 is 0.888 bits per heavy atom. The van der Waals surface area contributed by atoms with E-state index in [0.717, 1.165) is 38.9 Å². The fourth-order valence-corrected chi connectivity index (χ4v) is 13.2. The molecule has 19 atom stereocenters. The summed E-state index contributed by atoms with van der Waals surface area (Å²) in [4.78, 5) is 0. The Morgan fingerprint density at radius 1 is 0.286 bits per heavy atom. The van der Waals surface area contributed by atoms with Gasteiger partial charge in [0.25, 0.3) is 0 Å². The first-order chi connectivity index (χ1) is 47.4. The van der Waals surface area contributed by atoms with Gasteiger partial charge in [-0.25, -0.2) is 0 Å². The lowest BCUT2D eigenvalue weighted by molar-refractivity contribution is -0.318. The van der Waals surface area contributed by atoms with Crippen molar-refractivity contribution in [2.75, 3.05) is 19.7 Å². The topological polar surface area (TPSA) is 276 Å². The van der Waals surface area contributed by atoms with Gasteiger partial charge in [-0.1, -0.05) is 166 Å². The highest BCUT2D eigenvalue weighted by Crippen LogP contribution is 2.39. The second-order valence-corrected chi connectivity index (χ2v) is 27.7. The standard InChI is InChI=1S/C72H81Cl7N6O13/c73-47-15-1-40(2-16-47)32-86-39-58-65(97-71-60(85)67(91-37-45-11-25-52(78)26-12-45)64(57(31-81)94-71)89-35-43-7-21-50(76)22-8-43)69(92-38-46-13-27-53(79)28-14-46)72(95-58)98-68-61(87-33-41-3-17-48(74)18-4-41)54(82)29-55(83)62(68)96-70-59(84)66(90-36-44-9-23-51(77)24-10-44)63(56(30-80)93-70)88-34-42-5-19-49(75)20-6-42/h1-28,54-72H,29-39,80-85H2/t54-,55+,56-,57+,58-,59-,60-,61+,62-,63-,64-,65-,66-,67-,68-,69-,70-,71-,72-/m1/s1. The first-order valence-corrected chi connectivity index (χ1v) is 34.9. The Labute approximate surface area is 605 Å². The molecule has 4 aliphatic rings. The third-order valence-electron chi connectivity index (χ3n) is 17.6. The fraction of sp³-hybridized carbons (Fsp3) is 0.417. The van der Waals surface area contributed by atoms with E-state index >= 15 is 0 Å². The van der Waals surface area contributed by atoms with Crippen LogP contribution in [0.4, 0.5) is 0 Å². The molecular formula is C72H81Cl7N6O13. The maximum Gasteiger partial charge on any atom is 0.187 e. The summed E-state index contributed by atoms with van der Waals surface area (Å²) in [6.07, 6.45) is -15.1. The molecule has 526 valence electrons. The van der Waals surface area contributed by atoms with Crippen LogP contribution >= 0.6 is 81.2 Å². The van der Waals surface area contributed by atoms with E-state index in [-0.39, 0.29) is 72.4 Å². The summed E-state index contributed by atoms with van der Waals surface area (Å²) in [6, 6.07) is 47.3. The van der Waals surface area contributed by atoms with Crippen molar-refractivity contribution < 1.29 is 61.6 Å². The Kier molecular flexibility index (Phi) is 27.8. The molecule has 1 aliphatic carbocycles. The molecule has 3 aliphatic heterocycles. The third kappa shape index (κ3) is 20.2.